The molecule has 0 unspecified atom stereocenters. The van der Waals surface area contributed by atoms with Gasteiger partial charge in [-0.25, -0.2) is 9.97 Å². The Morgan fingerprint density at radius 3 is 2.77 bits per heavy atom. The molecule has 0 bridgehead atoms. The Bertz CT molecular complexity index is 1330. The highest BCUT2D eigenvalue weighted by Crippen LogP contribution is 2.27. The molecule has 3 heterocycles. The van der Waals surface area contributed by atoms with Crippen molar-refractivity contribution in [2.75, 3.05) is 0 Å². The summed E-state index contributed by atoms with van der Waals surface area (Å²) in [6.07, 6.45) is 0.545. The van der Waals surface area contributed by atoms with Crippen LogP contribution < -0.4 is 0 Å². The zero-order valence-corrected chi connectivity index (χ0v) is 19.0. The molecule has 5 rings (SSSR count). The number of thioether (sulfide) groups is 1. The summed E-state index contributed by atoms with van der Waals surface area (Å²) in [5, 5.41) is 12.6. The molecule has 0 saturated carbocycles. The SMILES string of the molecule is Cc1nc(Cc2nnc(SCc3nc4cc(Cl)ccc4n3Cc3ccccc3)o2)cs1. The molecule has 3 aromatic heterocycles. The number of fused-ring (bicyclic) bond motifs is 1. The van der Waals surface area contributed by atoms with Crippen molar-refractivity contribution in [3.8, 4) is 0 Å². The molecule has 2 aromatic carbocycles. The fourth-order valence-electron chi connectivity index (χ4n) is 3.34. The van der Waals surface area contributed by atoms with Gasteiger partial charge in [-0.3, -0.25) is 0 Å². The molecule has 31 heavy (non-hydrogen) atoms. The largest absolute Gasteiger partial charge is 0.416 e. The highest BCUT2D eigenvalue weighted by atomic mass is 35.5. The summed E-state index contributed by atoms with van der Waals surface area (Å²) < 4.78 is 8.03. The summed E-state index contributed by atoms with van der Waals surface area (Å²) in [7, 11) is 0. The van der Waals surface area contributed by atoms with Gasteiger partial charge in [-0.1, -0.05) is 53.7 Å². The number of imidazole rings is 1. The Balaban J connectivity index is 1.37. The third-order valence-electron chi connectivity index (χ3n) is 4.74. The van der Waals surface area contributed by atoms with E-state index in [2.05, 4.69) is 31.9 Å². The molecular formula is C22H18ClN5OS2. The van der Waals surface area contributed by atoms with Crippen molar-refractivity contribution < 1.29 is 4.42 Å². The minimum Gasteiger partial charge on any atom is -0.416 e. The quantitative estimate of drug-likeness (QED) is 0.283. The number of aromatic nitrogens is 5. The van der Waals surface area contributed by atoms with Crippen LogP contribution in [0, 0.1) is 6.92 Å². The van der Waals surface area contributed by atoms with Crippen LogP contribution >= 0.6 is 34.7 Å². The van der Waals surface area contributed by atoms with Crippen LogP contribution in [0.4, 0.5) is 0 Å². The summed E-state index contributed by atoms with van der Waals surface area (Å²) in [6.45, 7) is 2.71. The summed E-state index contributed by atoms with van der Waals surface area (Å²) in [4.78, 5) is 9.27. The van der Waals surface area contributed by atoms with Gasteiger partial charge in [0, 0.05) is 16.9 Å². The zero-order valence-electron chi connectivity index (χ0n) is 16.7. The molecule has 0 atom stereocenters. The Hall–Kier alpha value is -2.68. The maximum atomic E-state index is 6.19. The minimum atomic E-state index is 0.526. The molecule has 0 fully saturated rings. The van der Waals surface area contributed by atoms with E-state index >= 15 is 0 Å². The number of hydrogen-bond acceptors (Lipinski definition) is 7. The zero-order chi connectivity index (χ0) is 21.2. The third kappa shape index (κ3) is 4.66. The number of halogens is 1. The Morgan fingerprint density at radius 1 is 1.10 bits per heavy atom. The van der Waals surface area contributed by atoms with Gasteiger partial charge in [0.15, 0.2) is 0 Å². The maximum absolute atomic E-state index is 6.19. The lowest BCUT2D eigenvalue weighted by atomic mass is 10.2. The number of thiazole rings is 1. The average Bonchev–Trinajstić information content (AvgIpc) is 3.47. The molecule has 0 aliphatic heterocycles. The Kier molecular flexibility index (Phi) is 5.76. The molecule has 0 aliphatic carbocycles. The summed E-state index contributed by atoms with van der Waals surface area (Å²) in [5.74, 6) is 2.11. The molecule has 0 spiro atoms. The predicted octanol–water partition coefficient (Wildman–Crippen LogP) is 5.77. The standard InChI is InChI=1S/C22H18ClN5OS2/c1-14-24-17(12-30-14)10-21-26-27-22(29-21)31-13-20-25-18-9-16(23)7-8-19(18)28(20)11-15-5-3-2-4-6-15/h2-9,12H,10-11,13H2,1H3. The molecule has 5 aromatic rings. The normalized spacial score (nSPS) is 11.4. The van der Waals surface area contributed by atoms with Gasteiger partial charge in [-0.05, 0) is 30.7 Å². The van der Waals surface area contributed by atoms with Gasteiger partial charge in [0.05, 0.1) is 33.9 Å². The molecule has 0 radical (unpaired) electrons. The second-order valence-corrected chi connectivity index (χ2v) is 9.44. The molecular weight excluding hydrogens is 450 g/mol. The van der Waals surface area contributed by atoms with Crippen molar-refractivity contribution in [3.63, 3.8) is 0 Å². The van der Waals surface area contributed by atoms with Crippen molar-refractivity contribution in [1.82, 2.24) is 24.7 Å². The van der Waals surface area contributed by atoms with Crippen LogP contribution in [0.25, 0.3) is 11.0 Å². The molecule has 0 N–H and O–H groups in total. The number of hydrogen-bond donors (Lipinski definition) is 0. The lowest BCUT2D eigenvalue weighted by Crippen LogP contribution is -2.04. The van der Waals surface area contributed by atoms with Gasteiger partial charge >= 0.3 is 0 Å². The Labute approximate surface area is 192 Å². The van der Waals surface area contributed by atoms with Crippen LogP contribution in [0.5, 0.6) is 0 Å². The lowest BCUT2D eigenvalue weighted by Gasteiger charge is -2.09. The highest BCUT2D eigenvalue weighted by Gasteiger charge is 2.15. The fourth-order valence-corrected chi connectivity index (χ4v) is 4.85. The van der Waals surface area contributed by atoms with Gasteiger partial charge in [0.25, 0.3) is 5.22 Å². The van der Waals surface area contributed by atoms with Gasteiger partial charge in [-0.15, -0.1) is 21.5 Å². The maximum Gasteiger partial charge on any atom is 0.277 e. The van der Waals surface area contributed by atoms with Crippen molar-refractivity contribution in [2.45, 2.75) is 30.9 Å². The van der Waals surface area contributed by atoms with Crippen molar-refractivity contribution in [3.05, 3.63) is 86.9 Å². The number of aryl methyl sites for hydroxylation is 1. The first-order chi connectivity index (χ1) is 15.1. The van der Waals surface area contributed by atoms with E-state index in [1.807, 2.05) is 48.7 Å². The predicted molar refractivity (Wildman–Crippen MR) is 124 cm³/mol. The van der Waals surface area contributed by atoms with E-state index in [1.165, 1.54) is 17.3 Å². The van der Waals surface area contributed by atoms with E-state index in [0.717, 1.165) is 34.1 Å². The third-order valence-corrected chi connectivity index (χ3v) is 6.62. The van der Waals surface area contributed by atoms with E-state index in [9.17, 15) is 0 Å². The average molecular weight is 468 g/mol. The van der Waals surface area contributed by atoms with E-state index in [-0.39, 0.29) is 0 Å². The van der Waals surface area contributed by atoms with Crippen LogP contribution in [-0.2, 0) is 18.7 Å². The first-order valence-corrected chi connectivity index (χ1v) is 11.9. The molecule has 0 aliphatic rings. The first kappa shape index (κ1) is 20.2. The molecule has 156 valence electrons. The fraction of sp³-hybridized carbons (Fsp3) is 0.182. The second-order valence-electron chi connectivity index (χ2n) is 7.02. The van der Waals surface area contributed by atoms with Gasteiger partial charge < -0.3 is 8.98 Å². The van der Waals surface area contributed by atoms with Crippen LogP contribution in [-0.4, -0.2) is 24.7 Å². The van der Waals surface area contributed by atoms with Crippen molar-refractivity contribution in [2.24, 2.45) is 0 Å². The van der Waals surface area contributed by atoms with Crippen molar-refractivity contribution in [1.29, 1.82) is 0 Å². The lowest BCUT2D eigenvalue weighted by molar-refractivity contribution is 0.419. The summed E-state index contributed by atoms with van der Waals surface area (Å²) >= 11 is 9.29. The first-order valence-electron chi connectivity index (χ1n) is 9.69. The van der Waals surface area contributed by atoms with Crippen molar-refractivity contribution >= 4 is 45.7 Å². The topological polar surface area (TPSA) is 69.6 Å². The van der Waals surface area contributed by atoms with Gasteiger partial charge in [0.1, 0.15) is 5.82 Å². The molecule has 6 nitrogen and oxygen atoms in total. The minimum absolute atomic E-state index is 0.526. The summed E-state index contributed by atoms with van der Waals surface area (Å²) in [5.41, 5.74) is 4.09. The van der Waals surface area contributed by atoms with Crippen LogP contribution in [0.1, 0.15) is 28.0 Å². The molecule has 0 amide bonds. The number of benzene rings is 2. The second kappa shape index (κ2) is 8.82. The number of nitrogens with zero attached hydrogens (tertiary/aromatic N) is 5. The van der Waals surface area contributed by atoms with E-state index in [1.54, 1.807) is 11.3 Å². The van der Waals surface area contributed by atoms with E-state index in [0.29, 0.717) is 28.3 Å². The Morgan fingerprint density at radius 2 is 1.97 bits per heavy atom. The van der Waals surface area contributed by atoms with Gasteiger partial charge in [0.2, 0.25) is 5.89 Å². The van der Waals surface area contributed by atoms with Crippen LogP contribution in [0.3, 0.4) is 0 Å². The van der Waals surface area contributed by atoms with Crippen LogP contribution in [0.15, 0.2) is 63.6 Å². The summed E-state index contributed by atoms with van der Waals surface area (Å²) in [6, 6.07) is 16.1. The number of rotatable bonds is 7. The molecule has 9 heteroatoms. The highest BCUT2D eigenvalue weighted by molar-refractivity contribution is 7.98. The smallest absolute Gasteiger partial charge is 0.277 e. The monoisotopic (exact) mass is 467 g/mol. The van der Waals surface area contributed by atoms with E-state index < -0.39 is 0 Å². The van der Waals surface area contributed by atoms with Crippen LogP contribution in [0.2, 0.25) is 5.02 Å². The molecule has 0 saturated heterocycles. The van der Waals surface area contributed by atoms with E-state index in [4.69, 9.17) is 21.0 Å². The van der Waals surface area contributed by atoms with Gasteiger partial charge in [-0.2, -0.15) is 0 Å².